The number of aromatic nitrogens is 2. The Labute approximate surface area is 215 Å². The zero-order chi connectivity index (χ0) is 25.4. The molecule has 3 rings (SSSR count). The fraction of sp³-hybridized carbons (Fsp3) is 0.269. The molecule has 3 aromatic rings. The lowest BCUT2D eigenvalue weighted by Crippen LogP contribution is -2.40. The van der Waals surface area contributed by atoms with Gasteiger partial charge in [0, 0.05) is 32.7 Å². The molecule has 0 saturated carbocycles. The number of halogens is 2. The number of ether oxygens (including phenoxy) is 1. The highest BCUT2D eigenvalue weighted by molar-refractivity contribution is 6.36. The van der Waals surface area contributed by atoms with Crippen molar-refractivity contribution in [1.29, 1.82) is 0 Å². The summed E-state index contributed by atoms with van der Waals surface area (Å²) in [6.07, 6.45) is 2.77. The molecule has 0 saturated heterocycles. The molecule has 0 amide bonds. The van der Waals surface area contributed by atoms with E-state index in [0.29, 0.717) is 21.6 Å². The molecule has 0 aliphatic heterocycles. The van der Waals surface area contributed by atoms with Crippen molar-refractivity contribution in [2.75, 3.05) is 11.9 Å². The summed E-state index contributed by atoms with van der Waals surface area (Å²) in [5.41, 5.74) is 3.90. The molecule has 0 spiro atoms. The first-order valence-electron chi connectivity index (χ1n) is 11.2. The number of nitrogens with one attached hydrogen (secondary N) is 2. The predicted octanol–water partition coefficient (Wildman–Crippen LogP) is 5.76. The third kappa shape index (κ3) is 7.77. The molecule has 0 radical (unpaired) electrons. The van der Waals surface area contributed by atoms with E-state index in [1.54, 1.807) is 25.1 Å². The quantitative estimate of drug-likeness (QED) is 0.233. The van der Waals surface area contributed by atoms with Gasteiger partial charge < -0.3 is 15.2 Å². The van der Waals surface area contributed by atoms with Gasteiger partial charge >= 0.3 is 5.97 Å². The summed E-state index contributed by atoms with van der Waals surface area (Å²) >= 11 is 12.4. The summed E-state index contributed by atoms with van der Waals surface area (Å²) in [6.45, 7) is 5.80. The van der Waals surface area contributed by atoms with Crippen molar-refractivity contribution >= 4 is 46.9 Å². The lowest BCUT2D eigenvalue weighted by Gasteiger charge is -2.22. The van der Waals surface area contributed by atoms with E-state index in [9.17, 15) is 9.90 Å². The summed E-state index contributed by atoms with van der Waals surface area (Å²) in [5, 5.41) is 17.3. The zero-order valence-corrected chi connectivity index (χ0v) is 21.3. The summed E-state index contributed by atoms with van der Waals surface area (Å²) in [7, 11) is 0. The molecular formula is C26H28Cl2N4O3. The number of esters is 1. The van der Waals surface area contributed by atoms with Gasteiger partial charge in [0.05, 0.1) is 6.61 Å². The van der Waals surface area contributed by atoms with Gasteiger partial charge in [0.15, 0.2) is 0 Å². The fourth-order valence-corrected chi connectivity index (χ4v) is 4.05. The largest absolute Gasteiger partial charge is 0.465 e. The summed E-state index contributed by atoms with van der Waals surface area (Å²) in [6, 6.07) is 13.8. The van der Waals surface area contributed by atoms with Gasteiger partial charge in [-0.15, -0.1) is 0 Å². The van der Waals surface area contributed by atoms with Gasteiger partial charge in [0.2, 0.25) is 5.95 Å². The highest BCUT2D eigenvalue weighted by Gasteiger charge is 2.24. The molecule has 1 heterocycles. The number of rotatable bonds is 10. The van der Waals surface area contributed by atoms with Crippen molar-refractivity contribution in [3.63, 3.8) is 0 Å². The Morgan fingerprint density at radius 1 is 1.09 bits per heavy atom. The second-order valence-electron chi connectivity index (χ2n) is 7.87. The van der Waals surface area contributed by atoms with Crippen LogP contribution >= 0.6 is 23.2 Å². The van der Waals surface area contributed by atoms with Crippen molar-refractivity contribution in [3.05, 3.63) is 87.2 Å². The monoisotopic (exact) mass is 514 g/mol. The first kappa shape index (κ1) is 26.6. The molecule has 7 nitrogen and oxygen atoms in total. The van der Waals surface area contributed by atoms with E-state index in [2.05, 4.69) is 20.6 Å². The van der Waals surface area contributed by atoms with Crippen LogP contribution in [0.4, 0.5) is 11.6 Å². The fourth-order valence-electron chi connectivity index (χ4n) is 3.45. The number of hydrogen-bond acceptors (Lipinski definition) is 7. The van der Waals surface area contributed by atoms with Crippen LogP contribution in [0.25, 0.3) is 6.08 Å². The molecule has 0 bridgehead atoms. The van der Waals surface area contributed by atoms with Crippen LogP contribution < -0.4 is 10.6 Å². The van der Waals surface area contributed by atoms with E-state index in [0.717, 1.165) is 22.6 Å². The number of hydrogen-bond donors (Lipinski definition) is 3. The van der Waals surface area contributed by atoms with Gasteiger partial charge in [-0.1, -0.05) is 53.6 Å². The Balaban J connectivity index is 1.66. The molecule has 0 fully saturated rings. The second kappa shape index (κ2) is 12.7. The third-order valence-corrected chi connectivity index (χ3v) is 5.69. The van der Waals surface area contributed by atoms with Crippen molar-refractivity contribution in [2.45, 2.75) is 39.5 Å². The normalized spacial score (nSPS) is 13.0. The number of nitrogens with zero attached hydrogens (tertiary/aromatic N) is 2. The van der Waals surface area contributed by atoms with Crippen molar-refractivity contribution in [1.82, 2.24) is 15.3 Å². The van der Waals surface area contributed by atoms with Gasteiger partial charge in [0.25, 0.3) is 0 Å². The predicted molar refractivity (Wildman–Crippen MR) is 140 cm³/mol. The van der Waals surface area contributed by atoms with Crippen LogP contribution in [0.3, 0.4) is 0 Å². The molecule has 184 valence electrons. The number of carbonyl (C=O) groups excluding carboxylic acids is 1. The molecule has 1 aromatic heterocycles. The second-order valence-corrected chi connectivity index (χ2v) is 8.68. The summed E-state index contributed by atoms with van der Waals surface area (Å²) in [5.74, 6) is 0.0682. The van der Waals surface area contributed by atoms with Crippen LogP contribution in [-0.4, -0.2) is 33.7 Å². The first-order valence-corrected chi connectivity index (χ1v) is 11.9. The van der Waals surface area contributed by atoms with E-state index >= 15 is 0 Å². The van der Waals surface area contributed by atoms with Crippen LogP contribution in [-0.2, 0) is 9.53 Å². The Hall–Kier alpha value is -2.97. The molecule has 3 N–H and O–H groups in total. The van der Waals surface area contributed by atoms with E-state index in [1.807, 2.05) is 56.3 Å². The van der Waals surface area contributed by atoms with Crippen LogP contribution in [0.1, 0.15) is 42.1 Å². The molecule has 9 heteroatoms. The maximum Gasteiger partial charge on any atom is 0.323 e. The highest BCUT2D eigenvalue weighted by Crippen LogP contribution is 2.29. The van der Waals surface area contributed by atoms with E-state index < -0.39 is 18.2 Å². The number of aryl methyl sites for hydroxylation is 2. The number of benzene rings is 2. The van der Waals surface area contributed by atoms with Crippen LogP contribution in [0.2, 0.25) is 10.0 Å². The third-order valence-electron chi connectivity index (χ3n) is 5.03. The maximum atomic E-state index is 12.5. The summed E-state index contributed by atoms with van der Waals surface area (Å²) in [4.78, 5) is 21.2. The minimum Gasteiger partial charge on any atom is -0.465 e. The number of carbonyl (C=O) groups is 1. The molecule has 0 aliphatic carbocycles. The van der Waals surface area contributed by atoms with Gasteiger partial charge in [-0.2, -0.15) is 0 Å². The van der Waals surface area contributed by atoms with Crippen molar-refractivity contribution in [3.8, 4) is 0 Å². The Morgan fingerprint density at radius 2 is 1.71 bits per heavy atom. The number of aliphatic hydroxyl groups excluding tert-OH is 1. The standard InChI is InChI=1S/C26H28Cl2N4O3/c1-4-35-25(34)22(32-24(33)23-20(27)8-6-9-21(23)28)10-5-7-18-11-13-19(14-12-18)31-26-29-16(2)15-17(3)30-26/h5-9,11-15,22,24,32-33H,4,10H2,1-3H3,(H,29,30,31)/b7-5+. The number of aliphatic hydroxyl groups is 1. The molecule has 2 atom stereocenters. The molecular weight excluding hydrogens is 487 g/mol. The number of anilines is 2. The van der Waals surface area contributed by atoms with E-state index in [1.165, 1.54) is 0 Å². The van der Waals surface area contributed by atoms with Gasteiger partial charge in [-0.25, -0.2) is 9.97 Å². The molecule has 35 heavy (non-hydrogen) atoms. The first-order chi connectivity index (χ1) is 16.8. The Morgan fingerprint density at radius 3 is 2.31 bits per heavy atom. The van der Waals surface area contributed by atoms with Crippen molar-refractivity contribution < 1.29 is 14.6 Å². The van der Waals surface area contributed by atoms with Crippen molar-refractivity contribution in [2.24, 2.45) is 0 Å². The zero-order valence-electron chi connectivity index (χ0n) is 19.8. The molecule has 2 unspecified atom stereocenters. The minimum absolute atomic E-state index is 0.225. The SMILES string of the molecule is CCOC(=O)C(C/C=C/c1ccc(Nc2nc(C)cc(C)n2)cc1)NC(O)c1c(Cl)cccc1Cl. The van der Waals surface area contributed by atoms with E-state index in [-0.39, 0.29) is 13.0 Å². The van der Waals surface area contributed by atoms with Gasteiger partial charge in [0.1, 0.15) is 12.3 Å². The highest BCUT2D eigenvalue weighted by atomic mass is 35.5. The van der Waals surface area contributed by atoms with Gasteiger partial charge in [-0.05, 0) is 63.1 Å². The topological polar surface area (TPSA) is 96.4 Å². The lowest BCUT2D eigenvalue weighted by atomic mass is 10.1. The molecule has 0 aliphatic rings. The maximum absolute atomic E-state index is 12.5. The minimum atomic E-state index is -1.24. The average Bonchev–Trinajstić information content (AvgIpc) is 2.79. The van der Waals surface area contributed by atoms with Crippen LogP contribution in [0, 0.1) is 13.8 Å². The Kier molecular flexibility index (Phi) is 9.63. The molecule has 2 aromatic carbocycles. The van der Waals surface area contributed by atoms with Crippen LogP contribution in [0.15, 0.2) is 54.6 Å². The Bertz CT molecular complexity index is 1150. The summed E-state index contributed by atoms with van der Waals surface area (Å²) < 4.78 is 5.16. The van der Waals surface area contributed by atoms with Gasteiger partial charge in [-0.3, -0.25) is 10.1 Å². The lowest BCUT2D eigenvalue weighted by molar-refractivity contribution is -0.146. The smallest absolute Gasteiger partial charge is 0.323 e. The van der Waals surface area contributed by atoms with E-state index in [4.69, 9.17) is 27.9 Å². The average molecular weight is 515 g/mol. The van der Waals surface area contributed by atoms with Crippen LogP contribution in [0.5, 0.6) is 0 Å².